The minimum Gasteiger partial charge on any atom is -0.474 e. The van der Waals surface area contributed by atoms with Gasteiger partial charge >= 0.3 is 6.18 Å². The fraction of sp³-hybridized carbons (Fsp3) is 0.400. The van der Waals surface area contributed by atoms with E-state index >= 15 is 0 Å². The summed E-state index contributed by atoms with van der Waals surface area (Å²) in [5.41, 5.74) is -1.62. The highest BCUT2D eigenvalue weighted by Gasteiger charge is 2.31. The van der Waals surface area contributed by atoms with E-state index in [0.717, 1.165) is 6.33 Å². The monoisotopic (exact) mass is 430 g/mol. The molecule has 0 aliphatic carbocycles. The summed E-state index contributed by atoms with van der Waals surface area (Å²) in [4.78, 5) is 10.8. The molecule has 27 heavy (non-hydrogen) atoms. The van der Waals surface area contributed by atoms with Crippen LogP contribution in [0.2, 0.25) is 10.0 Å². The van der Waals surface area contributed by atoms with Crippen molar-refractivity contribution in [2.45, 2.75) is 32.0 Å². The number of nitrogens with one attached hydrogen (secondary N) is 1. The van der Waals surface area contributed by atoms with Crippen LogP contribution in [0.15, 0.2) is 18.6 Å². The second-order valence-electron chi connectivity index (χ2n) is 5.29. The van der Waals surface area contributed by atoms with E-state index < -0.39 is 29.9 Å². The normalized spacial score (nSPS) is 12.9. The summed E-state index contributed by atoms with van der Waals surface area (Å²) in [6.45, 7) is 1.70. The molecule has 1 atom stereocenters. The highest BCUT2D eigenvalue weighted by molar-refractivity contribution is 6.33. The standard InChI is InChI=1S/C15H13Cl2F5N4O/c1-2-8(26-13-10(17)11(12(18)19)24-6-25-13)5-27-14-9(16)3-7(4-23-14)15(20,21)22/h3-4,6,8,12H,2,5H2,1H3,(H,24,25,26). The number of nitrogens with zero attached hydrogens (tertiary/aromatic N) is 3. The highest BCUT2D eigenvalue weighted by atomic mass is 35.5. The van der Waals surface area contributed by atoms with Gasteiger partial charge in [-0.05, 0) is 12.5 Å². The first-order chi connectivity index (χ1) is 12.6. The highest BCUT2D eigenvalue weighted by Crippen LogP contribution is 2.33. The third-order valence-electron chi connectivity index (χ3n) is 3.41. The Labute approximate surface area is 160 Å². The van der Waals surface area contributed by atoms with Crippen molar-refractivity contribution < 1.29 is 26.7 Å². The second-order valence-corrected chi connectivity index (χ2v) is 6.08. The van der Waals surface area contributed by atoms with Crippen molar-refractivity contribution in [1.82, 2.24) is 15.0 Å². The average molecular weight is 431 g/mol. The van der Waals surface area contributed by atoms with Crippen LogP contribution in [0, 0.1) is 0 Å². The molecule has 1 N–H and O–H groups in total. The Hall–Kier alpha value is -1.94. The lowest BCUT2D eigenvalue weighted by Crippen LogP contribution is -2.27. The minimum atomic E-state index is -4.57. The first-order valence-corrected chi connectivity index (χ1v) is 8.29. The van der Waals surface area contributed by atoms with E-state index in [9.17, 15) is 22.0 Å². The Morgan fingerprint density at radius 2 is 1.89 bits per heavy atom. The number of aromatic nitrogens is 3. The molecule has 2 heterocycles. The van der Waals surface area contributed by atoms with Gasteiger partial charge in [0, 0.05) is 6.20 Å². The average Bonchev–Trinajstić information content (AvgIpc) is 2.59. The number of ether oxygens (including phenoxy) is 1. The number of hydrogen-bond donors (Lipinski definition) is 1. The molecule has 2 aromatic rings. The fourth-order valence-electron chi connectivity index (χ4n) is 1.96. The number of hydrogen-bond acceptors (Lipinski definition) is 5. The van der Waals surface area contributed by atoms with Crippen LogP contribution in [0.3, 0.4) is 0 Å². The lowest BCUT2D eigenvalue weighted by molar-refractivity contribution is -0.137. The molecule has 0 amide bonds. The van der Waals surface area contributed by atoms with Crippen molar-refractivity contribution in [1.29, 1.82) is 0 Å². The molecule has 5 nitrogen and oxygen atoms in total. The molecule has 0 aliphatic heterocycles. The third-order valence-corrected chi connectivity index (χ3v) is 4.06. The number of anilines is 1. The summed E-state index contributed by atoms with van der Waals surface area (Å²) in [5.74, 6) is -0.198. The second kappa shape index (κ2) is 8.83. The summed E-state index contributed by atoms with van der Waals surface area (Å²) in [6, 6.07) is 0.247. The van der Waals surface area contributed by atoms with Crippen LogP contribution in [0.25, 0.3) is 0 Å². The Kier molecular flexibility index (Phi) is 6.99. The lowest BCUT2D eigenvalue weighted by Gasteiger charge is -2.19. The number of alkyl halides is 5. The number of pyridine rings is 1. The van der Waals surface area contributed by atoms with Crippen LogP contribution < -0.4 is 10.1 Å². The van der Waals surface area contributed by atoms with Crippen molar-refractivity contribution >= 4 is 29.0 Å². The Bertz CT molecular complexity index is 791. The van der Waals surface area contributed by atoms with Gasteiger partial charge in [0.25, 0.3) is 6.43 Å². The first-order valence-electron chi connectivity index (χ1n) is 7.54. The molecule has 2 aromatic heterocycles. The molecule has 1 unspecified atom stereocenters. The van der Waals surface area contributed by atoms with Crippen LogP contribution in [0.5, 0.6) is 5.88 Å². The Balaban J connectivity index is 2.07. The first kappa shape index (κ1) is 21.4. The molecule has 2 rings (SSSR count). The lowest BCUT2D eigenvalue weighted by atomic mass is 10.2. The summed E-state index contributed by atoms with van der Waals surface area (Å²) in [6.07, 6.45) is -5.44. The van der Waals surface area contributed by atoms with Crippen molar-refractivity contribution in [2.24, 2.45) is 0 Å². The topological polar surface area (TPSA) is 59.9 Å². The Morgan fingerprint density at radius 1 is 1.19 bits per heavy atom. The molecule has 0 saturated heterocycles. The van der Waals surface area contributed by atoms with Gasteiger partial charge in [-0.3, -0.25) is 0 Å². The molecule has 0 radical (unpaired) electrons. The van der Waals surface area contributed by atoms with E-state index in [2.05, 4.69) is 20.3 Å². The zero-order valence-corrected chi connectivity index (χ0v) is 15.2. The van der Waals surface area contributed by atoms with E-state index in [1.807, 2.05) is 0 Å². The molecule has 0 aromatic carbocycles. The molecule has 0 saturated carbocycles. The summed E-state index contributed by atoms with van der Waals surface area (Å²) in [5, 5.41) is 2.20. The van der Waals surface area contributed by atoms with Gasteiger partial charge in [-0.15, -0.1) is 0 Å². The third kappa shape index (κ3) is 5.52. The maximum atomic E-state index is 12.8. The van der Waals surface area contributed by atoms with Crippen LogP contribution >= 0.6 is 23.2 Å². The summed E-state index contributed by atoms with van der Waals surface area (Å²) < 4.78 is 68.8. The van der Waals surface area contributed by atoms with Crippen molar-refractivity contribution in [2.75, 3.05) is 11.9 Å². The molecule has 0 fully saturated rings. The van der Waals surface area contributed by atoms with Gasteiger partial charge < -0.3 is 10.1 Å². The van der Waals surface area contributed by atoms with Crippen LogP contribution in [-0.4, -0.2) is 27.6 Å². The SMILES string of the molecule is CCC(COc1ncc(C(F)(F)F)cc1Cl)Nc1ncnc(C(F)F)c1Cl. The van der Waals surface area contributed by atoms with E-state index in [0.29, 0.717) is 18.7 Å². The van der Waals surface area contributed by atoms with Crippen molar-refractivity contribution in [3.05, 3.63) is 39.9 Å². The summed E-state index contributed by atoms with van der Waals surface area (Å²) >= 11 is 11.6. The molecule has 0 bridgehead atoms. The predicted molar refractivity (Wildman–Crippen MR) is 89.4 cm³/mol. The number of rotatable bonds is 7. The minimum absolute atomic E-state index is 0.0103. The van der Waals surface area contributed by atoms with Gasteiger partial charge in [0.2, 0.25) is 5.88 Å². The van der Waals surface area contributed by atoms with Gasteiger partial charge in [0.05, 0.1) is 11.6 Å². The van der Waals surface area contributed by atoms with Crippen LogP contribution in [-0.2, 0) is 6.18 Å². The van der Waals surface area contributed by atoms with Gasteiger partial charge in [0.1, 0.15) is 34.5 Å². The van der Waals surface area contributed by atoms with Crippen LogP contribution in [0.4, 0.5) is 27.8 Å². The van der Waals surface area contributed by atoms with E-state index in [4.69, 9.17) is 27.9 Å². The van der Waals surface area contributed by atoms with E-state index in [-0.39, 0.29) is 28.3 Å². The molecule has 0 aliphatic rings. The predicted octanol–water partition coefficient (Wildman–Crippen LogP) is 5.40. The van der Waals surface area contributed by atoms with Gasteiger partial charge in [-0.2, -0.15) is 13.2 Å². The van der Waals surface area contributed by atoms with Crippen molar-refractivity contribution in [3.63, 3.8) is 0 Å². The molecule has 0 spiro atoms. The maximum Gasteiger partial charge on any atom is 0.417 e. The van der Waals surface area contributed by atoms with E-state index in [1.54, 1.807) is 6.92 Å². The maximum absolute atomic E-state index is 12.8. The Morgan fingerprint density at radius 3 is 2.44 bits per heavy atom. The molecular weight excluding hydrogens is 418 g/mol. The largest absolute Gasteiger partial charge is 0.474 e. The molecule has 12 heteroatoms. The summed E-state index contributed by atoms with van der Waals surface area (Å²) in [7, 11) is 0. The fourth-order valence-corrected chi connectivity index (χ4v) is 2.41. The molecular formula is C15H13Cl2F5N4O. The zero-order chi connectivity index (χ0) is 20.2. The number of halogens is 7. The smallest absolute Gasteiger partial charge is 0.417 e. The van der Waals surface area contributed by atoms with Crippen LogP contribution in [0.1, 0.15) is 31.0 Å². The van der Waals surface area contributed by atoms with Gasteiger partial charge in [0.15, 0.2) is 0 Å². The zero-order valence-electron chi connectivity index (χ0n) is 13.7. The molecule has 148 valence electrons. The van der Waals surface area contributed by atoms with Crippen molar-refractivity contribution in [3.8, 4) is 5.88 Å². The quantitative estimate of drug-likeness (QED) is 0.595. The van der Waals surface area contributed by atoms with Gasteiger partial charge in [-0.25, -0.2) is 23.7 Å². The van der Waals surface area contributed by atoms with Gasteiger partial charge in [-0.1, -0.05) is 30.1 Å². The van der Waals surface area contributed by atoms with E-state index in [1.165, 1.54) is 0 Å².